The minimum Gasteiger partial charge on any atom is -0.347 e. The third kappa shape index (κ3) is 4.02. The number of nitrogens with zero attached hydrogens (tertiary/aromatic N) is 5. The topological polar surface area (TPSA) is 80.4 Å². The van der Waals surface area contributed by atoms with Gasteiger partial charge in [0, 0.05) is 50.8 Å². The van der Waals surface area contributed by atoms with Gasteiger partial charge in [0.25, 0.3) is 5.56 Å². The number of benzene rings is 1. The molecule has 1 saturated heterocycles. The van der Waals surface area contributed by atoms with E-state index in [1.54, 1.807) is 17.1 Å². The maximum Gasteiger partial charge on any atom is 0.346 e. The molecule has 0 N–H and O–H groups in total. The first kappa shape index (κ1) is 19.1. The Morgan fingerprint density at radius 1 is 1.11 bits per heavy atom. The summed E-state index contributed by atoms with van der Waals surface area (Å²) in [7, 11) is 2.94. The van der Waals surface area contributed by atoms with E-state index >= 15 is 0 Å². The highest BCUT2D eigenvalue weighted by Gasteiger charge is 2.23. The van der Waals surface area contributed by atoms with E-state index < -0.39 is 11.2 Å². The van der Waals surface area contributed by atoms with Gasteiger partial charge < -0.3 is 9.80 Å². The first-order chi connectivity index (χ1) is 12.9. The summed E-state index contributed by atoms with van der Waals surface area (Å²) in [5.74, 6) is 0.155. The average Bonchev–Trinajstić information content (AvgIpc) is 2.68. The molecule has 0 unspecified atom stereocenters. The number of anilines is 1. The zero-order valence-corrected chi connectivity index (χ0v) is 16.7. The number of halogens is 1. The molecule has 0 bridgehead atoms. The maximum absolute atomic E-state index is 12.4. The van der Waals surface area contributed by atoms with E-state index in [0.717, 1.165) is 19.3 Å². The molecular weight excluding hydrogens is 414 g/mol. The Labute approximate surface area is 164 Å². The van der Waals surface area contributed by atoms with Crippen LogP contribution >= 0.6 is 15.9 Å². The Balaban J connectivity index is 1.67. The van der Waals surface area contributed by atoms with Gasteiger partial charge in [-0.25, -0.2) is 9.48 Å². The van der Waals surface area contributed by atoms with Crippen LogP contribution in [0.15, 0.2) is 44.4 Å². The van der Waals surface area contributed by atoms with Gasteiger partial charge in [0.15, 0.2) is 0 Å². The predicted molar refractivity (Wildman–Crippen MR) is 107 cm³/mol. The SMILES string of the molecule is Cn1nc(N2CCN(C(=O)/C=C/c3ccccc3Br)CC2)c(=O)n(C)c1=O. The van der Waals surface area contributed by atoms with Gasteiger partial charge in [-0.15, -0.1) is 5.10 Å². The Morgan fingerprint density at radius 2 is 1.78 bits per heavy atom. The molecule has 27 heavy (non-hydrogen) atoms. The molecule has 1 aromatic heterocycles. The van der Waals surface area contributed by atoms with Crippen LogP contribution in [0.1, 0.15) is 5.56 Å². The molecule has 1 aliphatic rings. The largest absolute Gasteiger partial charge is 0.347 e. The molecule has 0 atom stereocenters. The summed E-state index contributed by atoms with van der Waals surface area (Å²) in [5, 5.41) is 4.09. The van der Waals surface area contributed by atoms with Gasteiger partial charge in [-0.2, -0.15) is 0 Å². The average molecular weight is 434 g/mol. The van der Waals surface area contributed by atoms with Crippen molar-refractivity contribution in [1.29, 1.82) is 0 Å². The quantitative estimate of drug-likeness (QED) is 0.662. The normalized spacial score (nSPS) is 14.8. The second kappa shape index (κ2) is 7.91. The van der Waals surface area contributed by atoms with E-state index in [-0.39, 0.29) is 11.7 Å². The lowest BCUT2D eigenvalue weighted by molar-refractivity contribution is -0.126. The number of carbonyl (C=O) groups excluding carboxylic acids is 1. The molecule has 0 radical (unpaired) electrons. The number of aromatic nitrogens is 3. The lowest BCUT2D eigenvalue weighted by Gasteiger charge is -2.34. The van der Waals surface area contributed by atoms with Crippen LogP contribution in [0, 0.1) is 0 Å². The van der Waals surface area contributed by atoms with Crippen molar-refractivity contribution in [3.63, 3.8) is 0 Å². The highest BCUT2D eigenvalue weighted by atomic mass is 79.9. The fraction of sp³-hybridized carbons (Fsp3) is 0.333. The molecule has 0 aliphatic carbocycles. The lowest BCUT2D eigenvalue weighted by Crippen LogP contribution is -2.51. The summed E-state index contributed by atoms with van der Waals surface area (Å²) >= 11 is 3.45. The number of rotatable bonds is 3. The molecule has 3 rings (SSSR count). The predicted octanol–water partition coefficient (Wildman–Crippen LogP) is 0.603. The highest BCUT2D eigenvalue weighted by Crippen LogP contribution is 2.17. The molecule has 1 fully saturated rings. The standard InChI is InChI=1S/C18H20BrN5O3/c1-21-17(26)16(20-22(2)18(21)27)24-11-9-23(10-12-24)15(25)8-7-13-5-3-4-6-14(13)19/h3-8H,9-12H2,1-2H3/b8-7+. The molecule has 2 heterocycles. The van der Waals surface area contributed by atoms with Gasteiger partial charge in [-0.1, -0.05) is 34.1 Å². The zero-order chi connectivity index (χ0) is 19.6. The van der Waals surface area contributed by atoms with Crippen LogP contribution in [0.2, 0.25) is 0 Å². The summed E-state index contributed by atoms with van der Waals surface area (Å²) in [5.41, 5.74) is 0.0452. The Kier molecular flexibility index (Phi) is 5.59. The van der Waals surface area contributed by atoms with Crippen molar-refractivity contribution < 1.29 is 4.79 Å². The minimum atomic E-state index is -0.463. The monoisotopic (exact) mass is 433 g/mol. The van der Waals surface area contributed by atoms with E-state index in [1.165, 1.54) is 14.1 Å². The number of hydrogen-bond acceptors (Lipinski definition) is 5. The van der Waals surface area contributed by atoms with Crippen LogP contribution in [0.4, 0.5) is 5.82 Å². The summed E-state index contributed by atoms with van der Waals surface area (Å²) in [6, 6.07) is 7.67. The van der Waals surface area contributed by atoms with Gasteiger partial charge in [0.1, 0.15) is 0 Å². The minimum absolute atomic E-state index is 0.0771. The van der Waals surface area contributed by atoms with Crippen LogP contribution in [-0.4, -0.2) is 51.3 Å². The number of piperazine rings is 1. The summed E-state index contributed by atoms with van der Waals surface area (Å²) in [4.78, 5) is 40.0. The van der Waals surface area contributed by atoms with Gasteiger partial charge in [0.2, 0.25) is 11.7 Å². The molecule has 2 aromatic rings. The maximum atomic E-state index is 12.4. The molecule has 9 heteroatoms. The van der Waals surface area contributed by atoms with Crippen molar-refractivity contribution in [2.45, 2.75) is 0 Å². The third-order valence-electron chi connectivity index (χ3n) is 4.51. The van der Waals surface area contributed by atoms with E-state index in [9.17, 15) is 14.4 Å². The van der Waals surface area contributed by atoms with E-state index in [4.69, 9.17) is 0 Å². The number of aryl methyl sites for hydroxylation is 1. The first-order valence-electron chi connectivity index (χ1n) is 8.49. The van der Waals surface area contributed by atoms with Crippen LogP contribution in [0.5, 0.6) is 0 Å². The number of carbonyl (C=O) groups is 1. The van der Waals surface area contributed by atoms with Crippen LogP contribution in [-0.2, 0) is 18.9 Å². The zero-order valence-electron chi connectivity index (χ0n) is 15.1. The second-order valence-corrected chi connectivity index (χ2v) is 7.12. The van der Waals surface area contributed by atoms with Crippen molar-refractivity contribution in [3.8, 4) is 0 Å². The van der Waals surface area contributed by atoms with Crippen LogP contribution in [0.25, 0.3) is 6.08 Å². The van der Waals surface area contributed by atoms with Crippen molar-refractivity contribution in [2.24, 2.45) is 14.1 Å². The smallest absolute Gasteiger partial charge is 0.346 e. The molecular formula is C18H20BrN5O3. The van der Waals surface area contributed by atoms with Crippen molar-refractivity contribution in [1.82, 2.24) is 19.2 Å². The Bertz CT molecular complexity index is 1000. The van der Waals surface area contributed by atoms with E-state index in [1.807, 2.05) is 29.2 Å². The van der Waals surface area contributed by atoms with Crippen molar-refractivity contribution >= 4 is 33.7 Å². The van der Waals surface area contributed by atoms with Crippen molar-refractivity contribution in [3.05, 3.63) is 61.2 Å². The molecule has 0 spiro atoms. The summed E-state index contributed by atoms with van der Waals surface area (Å²) in [6.45, 7) is 1.92. The Morgan fingerprint density at radius 3 is 2.44 bits per heavy atom. The molecule has 1 aromatic carbocycles. The molecule has 142 valence electrons. The highest BCUT2D eigenvalue weighted by molar-refractivity contribution is 9.10. The van der Waals surface area contributed by atoms with Gasteiger partial charge in [0.05, 0.1) is 0 Å². The van der Waals surface area contributed by atoms with Crippen molar-refractivity contribution in [2.75, 3.05) is 31.1 Å². The summed E-state index contributed by atoms with van der Waals surface area (Å²) < 4.78 is 3.12. The number of amides is 1. The summed E-state index contributed by atoms with van der Waals surface area (Å²) in [6.07, 6.45) is 3.34. The van der Waals surface area contributed by atoms with E-state index in [0.29, 0.717) is 26.2 Å². The van der Waals surface area contributed by atoms with E-state index in [2.05, 4.69) is 21.0 Å². The molecule has 1 amide bonds. The second-order valence-electron chi connectivity index (χ2n) is 6.26. The first-order valence-corrected chi connectivity index (χ1v) is 9.28. The molecule has 8 nitrogen and oxygen atoms in total. The Hall–Kier alpha value is -2.68. The van der Waals surface area contributed by atoms with Gasteiger partial charge >= 0.3 is 5.69 Å². The molecule has 0 saturated carbocycles. The van der Waals surface area contributed by atoms with Crippen LogP contribution in [0.3, 0.4) is 0 Å². The van der Waals surface area contributed by atoms with Gasteiger partial charge in [-0.3, -0.25) is 14.2 Å². The van der Waals surface area contributed by atoms with Crippen LogP contribution < -0.4 is 16.1 Å². The number of hydrogen-bond donors (Lipinski definition) is 0. The lowest BCUT2D eigenvalue weighted by atomic mass is 10.2. The fourth-order valence-electron chi connectivity index (χ4n) is 2.90. The molecule has 1 aliphatic heterocycles. The van der Waals surface area contributed by atoms with Gasteiger partial charge in [-0.05, 0) is 17.7 Å². The fourth-order valence-corrected chi connectivity index (χ4v) is 3.31. The third-order valence-corrected chi connectivity index (χ3v) is 5.23.